The van der Waals surface area contributed by atoms with Gasteiger partial charge in [0, 0.05) is 5.56 Å². The van der Waals surface area contributed by atoms with Crippen LogP contribution in [0.4, 0.5) is 0 Å². The van der Waals surface area contributed by atoms with Crippen molar-refractivity contribution in [2.24, 2.45) is 0 Å². The first kappa shape index (κ1) is 12.5. The Bertz CT molecular complexity index is 436. The van der Waals surface area contributed by atoms with Crippen LogP contribution in [-0.2, 0) is 11.8 Å². The number of fused-ring (bicyclic) bond motifs is 1. The Labute approximate surface area is 105 Å². The molecule has 0 bridgehead atoms. The Morgan fingerprint density at radius 3 is 2.41 bits per heavy atom. The molecule has 1 heterocycles. The molecule has 1 aromatic carbocycles. The summed E-state index contributed by atoms with van der Waals surface area (Å²) in [6, 6.07) is 4.56. The summed E-state index contributed by atoms with van der Waals surface area (Å²) in [5.41, 5.74) is 4.19. The van der Waals surface area contributed by atoms with Gasteiger partial charge in [-0.2, -0.15) is 0 Å². The summed E-state index contributed by atoms with van der Waals surface area (Å²) < 4.78 is 6.23. The van der Waals surface area contributed by atoms with Gasteiger partial charge in [-0.05, 0) is 44.6 Å². The Balaban J connectivity index is 2.58. The molecular formula is C16H24O. The molecule has 0 aromatic heterocycles. The van der Waals surface area contributed by atoms with Crippen molar-refractivity contribution in [1.82, 2.24) is 0 Å². The van der Waals surface area contributed by atoms with E-state index < -0.39 is 0 Å². The van der Waals surface area contributed by atoms with Crippen LogP contribution >= 0.6 is 0 Å². The largest absolute Gasteiger partial charge is 0.487 e. The fraction of sp³-hybridized carbons (Fsp3) is 0.625. The van der Waals surface area contributed by atoms with E-state index >= 15 is 0 Å². The van der Waals surface area contributed by atoms with Gasteiger partial charge in [-0.25, -0.2) is 0 Å². The highest BCUT2D eigenvalue weighted by molar-refractivity contribution is 5.49. The summed E-state index contributed by atoms with van der Waals surface area (Å²) in [4.78, 5) is 0. The van der Waals surface area contributed by atoms with Crippen molar-refractivity contribution in [3.63, 3.8) is 0 Å². The minimum atomic E-state index is -0.0255. The lowest BCUT2D eigenvalue weighted by Crippen LogP contribution is -2.34. The van der Waals surface area contributed by atoms with Crippen LogP contribution in [-0.4, -0.2) is 5.60 Å². The maximum absolute atomic E-state index is 6.23. The van der Waals surface area contributed by atoms with Gasteiger partial charge in [0.1, 0.15) is 11.4 Å². The highest BCUT2D eigenvalue weighted by Gasteiger charge is 2.31. The summed E-state index contributed by atoms with van der Waals surface area (Å²) >= 11 is 0. The van der Waals surface area contributed by atoms with Crippen molar-refractivity contribution in [2.75, 3.05) is 0 Å². The lowest BCUT2D eigenvalue weighted by Gasteiger charge is -2.36. The van der Waals surface area contributed by atoms with Crippen LogP contribution in [0.2, 0.25) is 0 Å². The minimum absolute atomic E-state index is 0.0255. The maximum atomic E-state index is 6.23. The monoisotopic (exact) mass is 232 g/mol. The zero-order valence-corrected chi connectivity index (χ0v) is 12.0. The van der Waals surface area contributed by atoms with Crippen molar-refractivity contribution >= 4 is 0 Å². The molecule has 0 fully saturated rings. The van der Waals surface area contributed by atoms with Crippen LogP contribution in [0.1, 0.15) is 57.7 Å². The van der Waals surface area contributed by atoms with E-state index in [4.69, 9.17) is 4.74 Å². The van der Waals surface area contributed by atoms with Crippen LogP contribution < -0.4 is 4.74 Å². The standard InChI is InChI=1S/C16H24O/c1-11-9-12-7-8-16(5,6)17-14(12)13(10-11)15(2,3)4/h9-10H,7-8H2,1-6H3. The molecule has 0 aliphatic carbocycles. The van der Waals surface area contributed by atoms with Gasteiger partial charge in [0.2, 0.25) is 0 Å². The van der Waals surface area contributed by atoms with Crippen LogP contribution in [0.15, 0.2) is 12.1 Å². The summed E-state index contributed by atoms with van der Waals surface area (Å²) in [6.45, 7) is 13.3. The number of hydrogen-bond acceptors (Lipinski definition) is 1. The summed E-state index contributed by atoms with van der Waals surface area (Å²) in [5, 5.41) is 0. The fourth-order valence-electron chi connectivity index (χ4n) is 2.47. The molecule has 0 saturated carbocycles. The molecule has 1 nitrogen and oxygen atoms in total. The van der Waals surface area contributed by atoms with Crippen molar-refractivity contribution in [1.29, 1.82) is 0 Å². The van der Waals surface area contributed by atoms with Crippen LogP contribution in [0, 0.1) is 6.92 Å². The van der Waals surface area contributed by atoms with Gasteiger partial charge < -0.3 is 4.74 Å². The van der Waals surface area contributed by atoms with E-state index in [1.54, 1.807) is 0 Å². The third kappa shape index (κ3) is 2.48. The first-order chi connectivity index (χ1) is 7.69. The van der Waals surface area contributed by atoms with Crippen LogP contribution in [0.25, 0.3) is 0 Å². The maximum Gasteiger partial charge on any atom is 0.127 e. The fourth-order valence-corrected chi connectivity index (χ4v) is 2.47. The number of aryl methyl sites for hydroxylation is 2. The van der Waals surface area contributed by atoms with Crippen LogP contribution in [0.5, 0.6) is 5.75 Å². The predicted molar refractivity (Wildman–Crippen MR) is 72.9 cm³/mol. The summed E-state index contributed by atoms with van der Waals surface area (Å²) in [6.07, 6.45) is 2.24. The number of hydrogen-bond donors (Lipinski definition) is 0. The molecule has 0 atom stereocenters. The highest BCUT2D eigenvalue weighted by Crippen LogP contribution is 2.41. The first-order valence-corrected chi connectivity index (χ1v) is 6.52. The molecule has 94 valence electrons. The van der Waals surface area contributed by atoms with Crippen molar-refractivity contribution in [3.05, 3.63) is 28.8 Å². The van der Waals surface area contributed by atoms with Crippen LogP contribution in [0.3, 0.4) is 0 Å². The Morgan fingerprint density at radius 1 is 1.18 bits per heavy atom. The number of rotatable bonds is 0. The third-order valence-electron chi connectivity index (χ3n) is 3.49. The zero-order valence-electron chi connectivity index (χ0n) is 12.0. The van der Waals surface area contributed by atoms with Crippen molar-refractivity contribution < 1.29 is 4.74 Å². The second kappa shape index (κ2) is 3.76. The van der Waals surface area contributed by atoms with E-state index in [2.05, 4.69) is 53.7 Å². The highest BCUT2D eigenvalue weighted by atomic mass is 16.5. The van der Waals surface area contributed by atoms with Crippen molar-refractivity contribution in [2.45, 2.75) is 65.4 Å². The average molecular weight is 232 g/mol. The normalized spacial score (nSPS) is 18.5. The van der Waals surface area contributed by atoms with E-state index in [0.717, 1.165) is 18.6 Å². The quantitative estimate of drug-likeness (QED) is 0.644. The van der Waals surface area contributed by atoms with Gasteiger partial charge in [-0.3, -0.25) is 0 Å². The van der Waals surface area contributed by atoms with E-state index in [1.165, 1.54) is 16.7 Å². The summed E-state index contributed by atoms with van der Waals surface area (Å²) in [7, 11) is 0. The molecule has 0 spiro atoms. The zero-order chi connectivity index (χ0) is 12.8. The Morgan fingerprint density at radius 2 is 1.82 bits per heavy atom. The van der Waals surface area contributed by atoms with E-state index in [9.17, 15) is 0 Å². The second-order valence-electron chi connectivity index (χ2n) is 6.91. The molecule has 0 radical (unpaired) electrons. The molecule has 1 aromatic rings. The SMILES string of the molecule is Cc1cc2c(c(C(C)(C)C)c1)OC(C)(C)CC2. The molecule has 0 amide bonds. The second-order valence-corrected chi connectivity index (χ2v) is 6.91. The van der Waals surface area contributed by atoms with Crippen molar-refractivity contribution in [3.8, 4) is 5.75 Å². The third-order valence-corrected chi connectivity index (χ3v) is 3.49. The van der Waals surface area contributed by atoms with Gasteiger partial charge in [-0.15, -0.1) is 0 Å². The molecule has 0 unspecified atom stereocenters. The number of ether oxygens (including phenoxy) is 1. The molecule has 2 rings (SSSR count). The lowest BCUT2D eigenvalue weighted by molar-refractivity contribution is 0.0819. The molecule has 1 heteroatoms. The Hall–Kier alpha value is -0.980. The van der Waals surface area contributed by atoms with Gasteiger partial charge in [0.05, 0.1) is 0 Å². The van der Waals surface area contributed by atoms with E-state index in [1.807, 2.05) is 0 Å². The number of benzene rings is 1. The van der Waals surface area contributed by atoms with Gasteiger partial charge in [0.15, 0.2) is 0 Å². The molecule has 0 saturated heterocycles. The average Bonchev–Trinajstić information content (AvgIpc) is 2.15. The van der Waals surface area contributed by atoms with E-state index in [0.29, 0.717) is 0 Å². The molecule has 17 heavy (non-hydrogen) atoms. The van der Waals surface area contributed by atoms with Gasteiger partial charge in [0.25, 0.3) is 0 Å². The molecule has 1 aliphatic rings. The summed E-state index contributed by atoms with van der Waals surface area (Å²) in [5.74, 6) is 1.14. The topological polar surface area (TPSA) is 9.23 Å². The molecule has 0 N–H and O–H groups in total. The smallest absolute Gasteiger partial charge is 0.127 e. The van der Waals surface area contributed by atoms with Gasteiger partial charge in [-0.1, -0.05) is 38.5 Å². The van der Waals surface area contributed by atoms with E-state index in [-0.39, 0.29) is 11.0 Å². The minimum Gasteiger partial charge on any atom is -0.487 e. The molecule has 1 aliphatic heterocycles. The Kier molecular flexibility index (Phi) is 2.76. The molecular weight excluding hydrogens is 208 g/mol. The van der Waals surface area contributed by atoms with Gasteiger partial charge >= 0.3 is 0 Å². The first-order valence-electron chi connectivity index (χ1n) is 6.52. The predicted octanol–water partition coefficient (Wildman–Crippen LogP) is 4.40. The lowest BCUT2D eigenvalue weighted by atomic mass is 9.81.